The summed E-state index contributed by atoms with van der Waals surface area (Å²) in [7, 11) is 0. The van der Waals surface area contributed by atoms with Gasteiger partial charge in [-0.1, -0.05) is 18.2 Å². The van der Waals surface area contributed by atoms with Crippen LogP contribution in [0, 0.1) is 6.92 Å². The van der Waals surface area contributed by atoms with Crippen molar-refractivity contribution >= 4 is 23.2 Å². The maximum atomic E-state index is 12.2. The molecule has 2 N–H and O–H groups in total. The summed E-state index contributed by atoms with van der Waals surface area (Å²) in [5, 5.41) is 5.63. The molecule has 5 heteroatoms. The Morgan fingerprint density at radius 2 is 1.72 bits per heavy atom. The van der Waals surface area contributed by atoms with Crippen molar-refractivity contribution in [1.82, 2.24) is 5.32 Å². The molecule has 0 saturated carbocycles. The van der Waals surface area contributed by atoms with Crippen molar-refractivity contribution in [1.29, 1.82) is 0 Å². The van der Waals surface area contributed by atoms with Crippen LogP contribution < -0.4 is 15.5 Å². The average Bonchev–Trinajstić information content (AvgIpc) is 2.59. The Kier molecular flexibility index (Phi) is 6.57. The second-order valence-electron chi connectivity index (χ2n) is 5.88. The van der Waals surface area contributed by atoms with Crippen molar-refractivity contribution in [2.45, 2.75) is 20.8 Å². The summed E-state index contributed by atoms with van der Waals surface area (Å²) in [5.74, 6) is -0.247. The number of benzene rings is 2. The Labute approximate surface area is 149 Å². The van der Waals surface area contributed by atoms with Crippen molar-refractivity contribution < 1.29 is 9.59 Å². The molecule has 0 atom stereocenters. The highest BCUT2D eigenvalue weighted by Crippen LogP contribution is 2.18. The van der Waals surface area contributed by atoms with Gasteiger partial charge in [-0.3, -0.25) is 9.59 Å². The summed E-state index contributed by atoms with van der Waals surface area (Å²) < 4.78 is 0. The number of para-hydroxylation sites is 1. The predicted octanol–water partition coefficient (Wildman–Crippen LogP) is 3.21. The zero-order chi connectivity index (χ0) is 18.2. The highest BCUT2D eigenvalue weighted by atomic mass is 16.2. The number of hydrogen-bond donors (Lipinski definition) is 2. The van der Waals surface area contributed by atoms with Gasteiger partial charge >= 0.3 is 0 Å². The molecule has 132 valence electrons. The number of aryl methyl sites for hydroxylation is 1. The van der Waals surface area contributed by atoms with E-state index >= 15 is 0 Å². The van der Waals surface area contributed by atoms with Gasteiger partial charge in [0.15, 0.2) is 0 Å². The van der Waals surface area contributed by atoms with E-state index in [1.807, 2.05) is 12.1 Å². The van der Waals surface area contributed by atoms with E-state index in [4.69, 9.17) is 0 Å². The minimum atomic E-state index is -0.131. The van der Waals surface area contributed by atoms with Crippen LogP contribution in [0.5, 0.6) is 0 Å². The van der Waals surface area contributed by atoms with Crippen LogP contribution in [-0.2, 0) is 4.79 Å². The van der Waals surface area contributed by atoms with Crippen LogP contribution in [0.1, 0.15) is 29.8 Å². The molecule has 0 aliphatic heterocycles. The van der Waals surface area contributed by atoms with Crippen LogP contribution in [0.2, 0.25) is 0 Å². The number of amides is 2. The molecule has 5 nitrogen and oxygen atoms in total. The van der Waals surface area contributed by atoms with E-state index in [1.165, 1.54) is 18.2 Å². The molecule has 2 aromatic carbocycles. The number of rotatable bonds is 7. The van der Waals surface area contributed by atoms with Gasteiger partial charge in [-0.2, -0.15) is 0 Å². The summed E-state index contributed by atoms with van der Waals surface area (Å²) >= 11 is 0. The zero-order valence-electron chi connectivity index (χ0n) is 15.0. The van der Waals surface area contributed by atoms with Gasteiger partial charge in [0.05, 0.1) is 0 Å². The summed E-state index contributed by atoms with van der Waals surface area (Å²) in [4.78, 5) is 25.5. The molecule has 0 aliphatic rings. The van der Waals surface area contributed by atoms with E-state index in [0.29, 0.717) is 17.8 Å². The minimum Gasteiger partial charge on any atom is -0.370 e. The van der Waals surface area contributed by atoms with Gasteiger partial charge in [-0.05, 0) is 49.7 Å². The van der Waals surface area contributed by atoms with Crippen LogP contribution >= 0.6 is 0 Å². The van der Waals surface area contributed by atoms with E-state index in [1.54, 1.807) is 24.3 Å². The average molecular weight is 339 g/mol. The normalized spacial score (nSPS) is 10.2. The first-order chi connectivity index (χ1) is 12.0. The Morgan fingerprint density at radius 1 is 1.04 bits per heavy atom. The molecule has 2 aromatic rings. The summed E-state index contributed by atoms with van der Waals surface area (Å²) in [6, 6.07) is 15.1. The van der Waals surface area contributed by atoms with Crippen molar-refractivity contribution in [2.24, 2.45) is 0 Å². The van der Waals surface area contributed by atoms with Crippen molar-refractivity contribution in [2.75, 3.05) is 29.9 Å². The van der Waals surface area contributed by atoms with Gasteiger partial charge in [-0.25, -0.2) is 0 Å². The largest absolute Gasteiger partial charge is 0.370 e. The molecule has 2 rings (SSSR count). The molecule has 0 radical (unpaired) electrons. The van der Waals surface area contributed by atoms with Gasteiger partial charge in [0, 0.05) is 43.5 Å². The Morgan fingerprint density at radius 3 is 2.32 bits per heavy atom. The second kappa shape index (κ2) is 8.87. The van der Waals surface area contributed by atoms with E-state index < -0.39 is 0 Å². The van der Waals surface area contributed by atoms with Crippen LogP contribution in [0.4, 0.5) is 11.4 Å². The van der Waals surface area contributed by atoms with Crippen LogP contribution in [-0.4, -0.2) is 31.4 Å². The van der Waals surface area contributed by atoms with Crippen LogP contribution in [0.25, 0.3) is 0 Å². The fourth-order valence-corrected chi connectivity index (χ4v) is 2.68. The van der Waals surface area contributed by atoms with Crippen molar-refractivity contribution in [3.8, 4) is 0 Å². The quantitative estimate of drug-likeness (QED) is 0.814. The Hall–Kier alpha value is -2.82. The highest BCUT2D eigenvalue weighted by Gasteiger charge is 2.09. The standard InChI is InChI=1S/C20H25N3O2/c1-4-23(19-8-6-5-7-15(19)2)14-13-21-20(25)17-9-11-18(12-10-17)22-16(3)24/h5-12H,4,13-14H2,1-3H3,(H,21,25)(H,22,24). The number of hydrogen-bond acceptors (Lipinski definition) is 3. The molecule has 0 bridgehead atoms. The Bertz CT molecular complexity index is 726. The van der Waals surface area contributed by atoms with E-state index in [-0.39, 0.29) is 11.8 Å². The van der Waals surface area contributed by atoms with Gasteiger partial charge in [0.1, 0.15) is 0 Å². The number of carbonyl (C=O) groups excluding carboxylic acids is 2. The van der Waals surface area contributed by atoms with E-state index in [0.717, 1.165) is 13.1 Å². The molecule has 0 heterocycles. The lowest BCUT2D eigenvalue weighted by molar-refractivity contribution is -0.114. The lowest BCUT2D eigenvalue weighted by Gasteiger charge is -2.25. The lowest BCUT2D eigenvalue weighted by Crippen LogP contribution is -2.35. The topological polar surface area (TPSA) is 61.4 Å². The van der Waals surface area contributed by atoms with Crippen molar-refractivity contribution in [3.63, 3.8) is 0 Å². The zero-order valence-corrected chi connectivity index (χ0v) is 15.0. The lowest BCUT2D eigenvalue weighted by atomic mass is 10.1. The third-order valence-corrected chi connectivity index (χ3v) is 3.97. The highest BCUT2D eigenvalue weighted by molar-refractivity contribution is 5.95. The first-order valence-electron chi connectivity index (χ1n) is 8.47. The molecular weight excluding hydrogens is 314 g/mol. The third-order valence-electron chi connectivity index (χ3n) is 3.97. The molecule has 0 unspecified atom stereocenters. The maximum Gasteiger partial charge on any atom is 0.251 e. The molecule has 0 aromatic heterocycles. The fourth-order valence-electron chi connectivity index (χ4n) is 2.68. The van der Waals surface area contributed by atoms with E-state index in [9.17, 15) is 9.59 Å². The molecule has 2 amide bonds. The van der Waals surface area contributed by atoms with Gasteiger partial charge in [0.25, 0.3) is 5.91 Å². The fraction of sp³-hybridized carbons (Fsp3) is 0.300. The summed E-state index contributed by atoms with van der Waals surface area (Å²) in [6.07, 6.45) is 0. The second-order valence-corrected chi connectivity index (χ2v) is 5.88. The molecular formula is C20H25N3O2. The number of carbonyl (C=O) groups is 2. The third kappa shape index (κ3) is 5.35. The van der Waals surface area contributed by atoms with Gasteiger partial charge in [0.2, 0.25) is 5.91 Å². The smallest absolute Gasteiger partial charge is 0.251 e. The number of likely N-dealkylation sites (N-methyl/N-ethyl adjacent to an activating group) is 1. The summed E-state index contributed by atoms with van der Waals surface area (Å²) in [5.41, 5.74) is 3.68. The van der Waals surface area contributed by atoms with Gasteiger partial charge in [-0.15, -0.1) is 0 Å². The Balaban J connectivity index is 1.89. The van der Waals surface area contributed by atoms with Crippen molar-refractivity contribution in [3.05, 3.63) is 59.7 Å². The number of nitrogens with one attached hydrogen (secondary N) is 2. The van der Waals surface area contributed by atoms with Crippen LogP contribution in [0.15, 0.2) is 48.5 Å². The summed E-state index contributed by atoms with van der Waals surface area (Å²) in [6.45, 7) is 7.84. The monoisotopic (exact) mass is 339 g/mol. The molecule has 0 aliphatic carbocycles. The van der Waals surface area contributed by atoms with E-state index in [2.05, 4.69) is 41.5 Å². The minimum absolute atomic E-state index is 0.116. The number of anilines is 2. The molecule has 0 saturated heterocycles. The predicted molar refractivity (Wildman–Crippen MR) is 102 cm³/mol. The number of nitrogens with zero attached hydrogens (tertiary/aromatic N) is 1. The maximum absolute atomic E-state index is 12.2. The van der Waals surface area contributed by atoms with Gasteiger partial charge < -0.3 is 15.5 Å². The SMILES string of the molecule is CCN(CCNC(=O)c1ccc(NC(C)=O)cc1)c1ccccc1C. The first kappa shape index (κ1) is 18.5. The first-order valence-corrected chi connectivity index (χ1v) is 8.47. The molecule has 0 spiro atoms. The van der Waals surface area contributed by atoms with Crippen LogP contribution in [0.3, 0.4) is 0 Å². The molecule has 25 heavy (non-hydrogen) atoms. The molecule has 0 fully saturated rings.